The normalized spacial score (nSPS) is 9.69. The number of hydrogen-bond acceptors (Lipinski definition) is 3. The Morgan fingerprint density at radius 2 is 2.31 bits per heavy atom. The van der Waals surface area contributed by atoms with Crippen LogP contribution < -0.4 is 5.73 Å². The van der Waals surface area contributed by atoms with Crippen LogP contribution in [0.3, 0.4) is 0 Å². The summed E-state index contributed by atoms with van der Waals surface area (Å²) in [6, 6.07) is 5.18. The molecular formula is C9H10BrNO2. The van der Waals surface area contributed by atoms with Crippen molar-refractivity contribution < 1.29 is 9.53 Å². The third-order valence-electron chi connectivity index (χ3n) is 1.53. The van der Waals surface area contributed by atoms with E-state index in [4.69, 9.17) is 10.5 Å². The lowest BCUT2D eigenvalue weighted by molar-refractivity contribution is 0.0526. The van der Waals surface area contributed by atoms with Crippen LogP contribution in [0.15, 0.2) is 22.7 Å². The highest BCUT2D eigenvalue weighted by atomic mass is 79.9. The lowest BCUT2D eigenvalue weighted by Gasteiger charge is -2.06. The SMILES string of the molecule is CCOC(=O)c1c(N)cccc1Br. The van der Waals surface area contributed by atoms with Crippen molar-refractivity contribution in [3.63, 3.8) is 0 Å². The van der Waals surface area contributed by atoms with E-state index in [-0.39, 0.29) is 0 Å². The van der Waals surface area contributed by atoms with Crippen molar-refractivity contribution in [3.05, 3.63) is 28.2 Å². The van der Waals surface area contributed by atoms with Crippen LogP contribution in [0, 0.1) is 0 Å². The van der Waals surface area contributed by atoms with Gasteiger partial charge in [-0.1, -0.05) is 6.07 Å². The Bertz CT molecular complexity index is 305. The molecule has 0 fully saturated rings. The molecule has 0 spiro atoms. The average molecular weight is 244 g/mol. The summed E-state index contributed by atoms with van der Waals surface area (Å²) in [5, 5.41) is 0. The Labute approximate surface area is 85.0 Å². The maximum absolute atomic E-state index is 11.4. The first-order valence-electron chi connectivity index (χ1n) is 3.88. The Balaban J connectivity index is 3.05. The van der Waals surface area contributed by atoms with Gasteiger partial charge in [-0.15, -0.1) is 0 Å². The van der Waals surface area contributed by atoms with E-state index in [0.29, 0.717) is 22.3 Å². The quantitative estimate of drug-likeness (QED) is 0.640. The van der Waals surface area contributed by atoms with Gasteiger partial charge in [0.15, 0.2) is 0 Å². The molecule has 1 rings (SSSR count). The summed E-state index contributed by atoms with van der Waals surface area (Å²) < 4.78 is 5.50. The number of anilines is 1. The van der Waals surface area contributed by atoms with Crippen molar-refractivity contribution in [2.24, 2.45) is 0 Å². The van der Waals surface area contributed by atoms with Gasteiger partial charge in [0, 0.05) is 10.2 Å². The minimum Gasteiger partial charge on any atom is -0.462 e. The van der Waals surface area contributed by atoms with Gasteiger partial charge in [0.25, 0.3) is 0 Å². The van der Waals surface area contributed by atoms with Gasteiger partial charge in [0.2, 0.25) is 0 Å². The van der Waals surface area contributed by atoms with Gasteiger partial charge in [-0.3, -0.25) is 0 Å². The Morgan fingerprint density at radius 3 is 2.85 bits per heavy atom. The first kappa shape index (κ1) is 10.1. The van der Waals surface area contributed by atoms with Crippen LogP contribution in [0.25, 0.3) is 0 Å². The third kappa shape index (κ3) is 2.21. The zero-order valence-electron chi connectivity index (χ0n) is 7.21. The summed E-state index contributed by atoms with van der Waals surface area (Å²) >= 11 is 3.24. The van der Waals surface area contributed by atoms with E-state index >= 15 is 0 Å². The van der Waals surface area contributed by atoms with E-state index in [2.05, 4.69) is 15.9 Å². The zero-order valence-corrected chi connectivity index (χ0v) is 8.80. The second-order valence-corrected chi connectivity index (χ2v) is 3.28. The molecule has 1 aromatic carbocycles. The Hall–Kier alpha value is -1.03. The van der Waals surface area contributed by atoms with Crippen LogP contribution in [-0.2, 0) is 4.74 Å². The summed E-state index contributed by atoms with van der Waals surface area (Å²) in [5.41, 5.74) is 6.44. The van der Waals surface area contributed by atoms with Crippen LogP contribution in [0.1, 0.15) is 17.3 Å². The second kappa shape index (κ2) is 4.28. The monoisotopic (exact) mass is 243 g/mol. The van der Waals surface area contributed by atoms with Gasteiger partial charge in [0.1, 0.15) is 0 Å². The number of carbonyl (C=O) groups is 1. The van der Waals surface area contributed by atoms with Crippen molar-refractivity contribution in [2.75, 3.05) is 12.3 Å². The average Bonchev–Trinajstić information content (AvgIpc) is 2.04. The molecule has 0 radical (unpaired) electrons. The molecule has 13 heavy (non-hydrogen) atoms. The van der Waals surface area contributed by atoms with Crippen molar-refractivity contribution in [3.8, 4) is 0 Å². The van der Waals surface area contributed by atoms with Crippen LogP contribution in [0.2, 0.25) is 0 Å². The van der Waals surface area contributed by atoms with Crippen molar-refractivity contribution in [1.29, 1.82) is 0 Å². The number of hydrogen-bond donors (Lipinski definition) is 1. The van der Waals surface area contributed by atoms with E-state index in [9.17, 15) is 4.79 Å². The highest BCUT2D eigenvalue weighted by Gasteiger charge is 2.13. The van der Waals surface area contributed by atoms with E-state index in [1.807, 2.05) is 0 Å². The number of nitrogen functional groups attached to an aromatic ring is 1. The lowest BCUT2D eigenvalue weighted by atomic mass is 10.2. The highest BCUT2D eigenvalue weighted by Crippen LogP contribution is 2.23. The Kier molecular flexibility index (Phi) is 3.31. The molecule has 0 unspecified atom stereocenters. The van der Waals surface area contributed by atoms with Gasteiger partial charge in [-0.2, -0.15) is 0 Å². The number of carbonyl (C=O) groups excluding carboxylic acids is 1. The fourth-order valence-electron chi connectivity index (χ4n) is 0.959. The van der Waals surface area contributed by atoms with Crippen molar-refractivity contribution >= 4 is 27.6 Å². The molecular weight excluding hydrogens is 234 g/mol. The molecule has 0 heterocycles. The molecule has 0 amide bonds. The number of rotatable bonds is 2. The van der Waals surface area contributed by atoms with Crippen molar-refractivity contribution in [2.45, 2.75) is 6.92 Å². The summed E-state index contributed by atoms with van der Waals surface area (Å²) in [6.45, 7) is 2.10. The number of esters is 1. The number of halogens is 1. The van der Waals surface area contributed by atoms with E-state index in [0.717, 1.165) is 0 Å². The predicted octanol–water partition coefficient (Wildman–Crippen LogP) is 2.21. The molecule has 0 aliphatic carbocycles. The smallest absolute Gasteiger partial charge is 0.341 e. The van der Waals surface area contributed by atoms with E-state index < -0.39 is 5.97 Å². The van der Waals surface area contributed by atoms with Gasteiger partial charge in [-0.05, 0) is 35.0 Å². The van der Waals surface area contributed by atoms with Gasteiger partial charge in [-0.25, -0.2) is 4.79 Å². The fraction of sp³-hybridized carbons (Fsp3) is 0.222. The first-order valence-corrected chi connectivity index (χ1v) is 4.67. The molecule has 0 atom stereocenters. The van der Waals surface area contributed by atoms with E-state index in [1.165, 1.54) is 0 Å². The Morgan fingerprint density at radius 1 is 1.62 bits per heavy atom. The zero-order chi connectivity index (χ0) is 9.84. The third-order valence-corrected chi connectivity index (χ3v) is 2.19. The largest absolute Gasteiger partial charge is 0.462 e. The molecule has 0 saturated heterocycles. The summed E-state index contributed by atoms with van der Waals surface area (Å²) in [4.78, 5) is 11.4. The molecule has 2 N–H and O–H groups in total. The minimum absolute atomic E-state index is 0.347. The predicted molar refractivity (Wildman–Crippen MR) is 54.5 cm³/mol. The summed E-state index contributed by atoms with van der Waals surface area (Å²) in [5.74, 6) is -0.396. The molecule has 0 bridgehead atoms. The lowest BCUT2D eigenvalue weighted by Crippen LogP contribution is -2.08. The molecule has 1 aromatic rings. The molecule has 0 saturated carbocycles. The van der Waals surface area contributed by atoms with Gasteiger partial charge < -0.3 is 10.5 Å². The molecule has 70 valence electrons. The first-order chi connectivity index (χ1) is 6.16. The highest BCUT2D eigenvalue weighted by molar-refractivity contribution is 9.10. The van der Waals surface area contributed by atoms with Crippen LogP contribution in [-0.4, -0.2) is 12.6 Å². The molecule has 0 aliphatic heterocycles. The van der Waals surface area contributed by atoms with Gasteiger partial charge >= 0.3 is 5.97 Å². The maximum Gasteiger partial charge on any atom is 0.341 e. The molecule has 0 aliphatic rings. The topological polar surface area (TPSA) is 52.3 Å². The molecule has 4 heteroatoms. The molecule has 3 nitrogen and oxygen atoms in total. The second-order valence-electron chi connectivity index (χ2n) is 2.42. The summed E-state index contributed by atoms with van der Waals surface area (Å²) in [6.07, 6.45) is 0. The van der Waals surface area contributed by atoms with Crippen LogP contribution in [0.5, 0.6) is 0 Å². The minimum atomic E-state index is -0.396. The molecule has 0 aromatic heterocycles. The number of nitrogens with two attached hydrogens (primary N) is 1. The fourth-order valence-corrected chi connectivity index (χ4v) is 1.50. The summed E-state index contributed by atoms with van der Waals surface area (Å²) in [7, 11) is 0. The van der Waals surface area contributed by atoms with E-state index in [1.54, 1.807) is 25.1 Å². The van der Waals surface area contributed by atoms with Crippen LogP contribution in [0.4, 0.5) is 5.69 Å². The standard InChI is InChI=1S/C9H10BrNO2/c1-2-13-9(12)8-6(10)4-3-5-7(8)11/h3-5H,2,11H2,1H3. The van der Waals surface area contributed by atoms with Crippen LogP contribution >= 0.6 is 15.9 Å². The number of ether oxygens (including phenoxy) is 1. The van der Waals surface area contributed by atoms with Crippen molar-refractivity contribution in [1.82, 2.24) is 0 Å². The maximum atomic E-state index is 11.4. The van der Waals surface area contributed by atoms with Gasteiger partial charge in [0.05, 0.1) is 12.2 Å². The number of benzene rings is 1.